The van der Waals surface area contributed by atoms with Gasteiger partial charge in [0.2, 0.25) is 0 Å². The highest BCUT2D eigenvalue weighted by Crippen LogP contribution is 2.34. The van der Waals surface area contributed by atoms with Crippen LogP contribution in [0, 0.1) is 0 Å². The van der Waals surface area contributed by atoms with Crippen LogP contribution in [0.15, 0.2) is 42.5 Å². The number of benzene rings is 2. The molecule has 2 aromatic carbocycles. The summed E-state index contributed by atoms with van der Waals surface area (Å²) in [5.41, 5.74) is 3.12. The normalized spacial score (nSPS) is 18.0. The topological polar surface area (TPSA) is 74.8 Å². The quantitative estimate of drug-likeness (QED) is 0.483. The number of aromatic nitrogens is 1. The third-order valence-corrected chi connectivity index (χ3v) is 8.13. The zero-order chi connectivity index (χ0) is 25.2. The first kappa shape index (κ1) is 24.7. The van der Waals surface area contributed by atoms with E-state index in [-0.39, 0.29) is 17.9 Å². The molecule has 7 nitrogen and oxygen atoms in total. The second kappa shape index (κ2) is 10.6. The lowest BCUT2D eigenvalue weighted by atomic mass is 9.93. The summed E-state index contributed by atoms with van der Waals surface area (Å²) in [5.74, 6) is 0.277. The lowest BCUT2D eigenvalue weighted by Crippen LogP contribution is -2.38. The Hall–Kier alpha value is -2.94. The van der Waals surface area contributed by atoms with Crippen LogP contribution in [0.4, 0.5) is 5.13 Å². The number of likely N-dealkylation sites (tertiary alicyclic amines) is 1. The molecule has 0 bridgehead atoms. The van der Waals surface area contributed by atoms with E-state index in [1.54, 1.807) is 42.7 Å². The number of amides is 2. The summed E-state index contributed by atoms with van der Waals surface area (Å²) in [6, 6.07) is 12.6. The van der Waals surface area contributed by atoms with Crippen molar-refractivity contribution in [3.05, 3.63) is 74.7 Å². The molecule has 3 aromatic rings. The molecule has 2 amide bonds. The summed E-state index contributed by atoms with van der Waals surface area (Å²) in [6.07, 6.45) is 3.70. The Balaban J connectivity index is 1.34. The molecule has 1 N–H and O–H groups in total. The maximum atomic E-state index is 13.5. The molecule has 1 unspecified atom stereocenters. The van der Waals surface area contributed by atoms with Crippen LogP contribution < -0.4 is 10.1 Å². The molecule has 0 saturated carbocycles. The second-order valence-corrected chi connectivity index (χ2v) is 10.8. The molecule has 9 heteroatoms. The number of hydrogen-bond donors (Lipinski definition) is 1. The van der Waals surface area contributed by atoms with Gasteiger partial charge < -0.3 is 14.5 Å². The van der Waals surface area contributed by atoms with Crippen LogP contribution in [0.5, 0.6) is 5.75 Å². The molecule has 1 atom stereocenters. The number of nitrogens with zero attached hydrogens (tertiary/aromatic N) is 3. The first-order chi connectivity index (χ1) is 17.4. The van der Waals surface area contributed by atoms with Crippen molar-refractivity contribution in [1.29, 1.82) is 0 Å². The van der Waals surface area contributed by atoms with Gasteiger partial charge in [-0.3, -0.25) is 14.9 Å². The van der Waals surface area contributed by atoms with E-state index in [1.165, 1.54) is 4.88 Å². The Morgan fingerprint density at radius 2 is 2.00 bits per heavy atom. The first-order valence-corrected chi connectivity index (χ1v) is 13.4. The van der Waals surface area contributed by atoms with E-state index < -0.39 is 0 Å². The number of carbonyl (C=O) groups is 2. The molecule has 1 fully saturated rings. The highest BCUT2D eigenvalue weighted by Gasteiger charge is 2.29. The summed E-state index contributed by atoms with van der Waals surface area (Å²) in [7, 11) is 3.64. The number of fused-ring (bicyclic) bond motifs is 1. The van der Waals surface area contributed by atoms with E-state index in [9.17, 15) is 9.59 Å². The average Bonchev–Trinajstić information content (AvgIpc) is 3.29. The summed E-state index contributed by atoms with van der Waals surface area (Å²) < 4.78 is 5.22. The Labute approximate surface area is 220 Å². The van der Waals surface area contributed by atoms with Gasteiger partial charge in [-0.05, 0) is 62.2 Å². The number of piperidine rings is 1. The minimum Gasteiger partial charge on any atom is -0.495 e. The predicted molar refractivity (Wildman–Crippen MR) is 142 cm³/mol. The molecule has 1 aromatic heterocycles. The molecule has 188 valence electrons. The van der Waals surface area contributed by atoms with Crippen molar-refractivity contribution in [2.45, 2.75) is 38.3 Å². The zero-order valence-electron chi connectivity index (χ0n) is 20.4. The van der Waals surface area contributed by atoms with Crippen molar-refractivity contribution < 1.29 is 14.3 Å². The van der Waals surface area contributed by atoms with Crippen LogP contribution in [0.3, 0.4) is 0 Å². The van der Waals surface area contributed by atoms with Gasteiger partial charge in [0.15, 0.2) is 5.13 Å². The highest BCUT2D eigenvalue weighted by molar-refractivity contribution is 7.15. The molecule has 2 aliphatic heterocycles. The fourth-order valence-corrected chi connectivity index (χ4v) is 6.26. The average molecular weight is 525 g/mol. The number of carbonyl (C=O) groups excluding carboxylic acids is 2. The molecule has 5 rings (SSSR count). The van der Waals surface area contributed by atoms with Gasteiger partial charge in [-0.25, -0.2) is 4.98 Å². The van der Waals surface area contributed by atoms with Gasteiger partial charge in [0.1, 0.15) is 5.75 Å². The van der Waals surface area contributed by atoms with E-state index in [1.807, 2.05) is 23.1 Å². The van der Waals surface area contributed by atoms with Gasteiger partial charge in [0.05, 0.1) is 23.9 Å². The number of rotatable bonds is 5. The lowest BCUT2D eigenvalue weighted by Gasteiger charge is -2.36. The fourth-order valence-electron chi connectivity index (χ4n) is 4.92. The largest absolute Gasteiger partial charge is 0.495 e. The van der Waals surface area contributed by atoms with Crippen LogP contribution in [0.25, 0.3) is 0 Å². The maximum absolute atomic E-state index is 13.5. The number of nitrogens with one attached hydrogen (secondary N) is 1. The summed E-state index contributed by atoms with van der Waals surface area (Å²) >= 11 is 7.82. The Morgan fingerprint density at radius 1 is 1.14 bits per heavy atom. The maximum Gasteiger partial charge on any atom is 0.257 e. The minimum absolute atomic E-state index is 0.0718. The number of halogens is 1. The van der Waals surface area contributed by atoms with Gasteiger partial charge >= 0.3 is 0 Å². The molecule has 0 spiro atoms. The van der Waals surface area contributed by atoms with Crippen molar-refractivity contribution in [3.8, 4) is 5.75 Å². The smallest absolute Gasteiger partial charge is 0.257 e. The van der Waals surface area contributed by atoms with E-state index in [0.717, 1.165) is 50.0 Å². The number of ether oxygens (including phenoxy) is 1. The summed E-state index contributed by atoms with van der Waals surface area (Å²) in [4.78, 5) is 36.5. The number of anilines is 1. The van der Waals surface area contributed by atoms with Crippen LogP contribution in [-0.4, -0.2) is 53.8 Å². The van der Waals surface area contributed by atoms with Gasteiger partial charge in [0, 0.05) is 42.1 Å². The molecule has 1 saturated heterocycles. The number of likely N-dealkylation sites (N-methyl/N-ethyl adjacent to an activating group) is 1. The van der Waals surface area contributed by atoms with Gasteiger partial charge in [-0.2, -0.15) is 0 Å². The van der Waals surface area contributed by atoms with Crippen LogP contribution in [0.1, 0.15) is 62.2 Å². The van der Waals surface area contributed by atoms with Crippen LogP contribution in [-0.2, 0) is 13.0 Å². The van der Waals surface area contributed by atoms with E-state index >= 15 is 0 Å². The number of hydrogen-bond acceptors (Lipinski definition) is 6. The lowest BCUT2D eigenvalue weighted by molar-refractivity contribution is 0.0611. The van der Waals surface area contributed by atoms with Crippen molar-refractivity contribution in [2.24, 2.45) is 0 Å². The number of methoxy groups -OCH3 is 1. The summed E-state index contributed by atoms with van der Waals surface area (Å²) in [5, 5.41) is 4.02. The number of thiazole rings is 1. The van der Waals surface area contributed by atoms with E-state index in [2.05, 4.69) is 22.2 Å². The molecule has 36 heavy (non-hydrogen) atoms. The van der Waals surface area contributed by atoms with Gasteiger partial charge in [0.25, 0.3) is 11.8 Å². The van der Waals surface area contributed by atoms with E-state index in [0.29, 0.717) is 33.6 Å². The molecule has 3 heterocycles. The van der Waals surface area contributed by atoms with Gasteiger partial charge in [-0.1, -0.05) is 23.7 Å². The third-order valence-electron chi connectivity index (χ3n) is 6.84. The summed E-state index contributed by atoms with van der Waals surface area (Å²) in [6.45, 7) is 2.50. The Bertz CT molecular complexity index is 1290. The SMILES string of the molecule is COc1ccc(C(=O)N2CCCCC2c2cccc(C(=O)Nc3nc4c(s3)CN(C)CC4)c2)cc1Cl. The second-order valence-electron chi connectivity index (χ2n) is 9.32. The van der Waals surface area contributed by atoms with Crippen molar-refractivity contribution in [1.82, 2.24) is 14.8 Å². The molecular formula is C27H29ClN4O3S. The molecule has 2 aliphatic rings. The van der Waals surface area contributed by atoms with E-state index in [4.69, 9.17) is 16.3 Å². The molecule has 0 aliphatic carbocycles. The molecule has 0 radical (unpaired) electrons. The first-order valence-electron chi connectivity index (χ1n) is 12.2. The van der Waals surface area contributed by atoms with Crippen molar-refractivity contribution >= 4 is 39.9 Å². The minimum atomic E-state index is -0.188. The fraction of sp³-hybridized carbons (Fsp3) is 0.370. The Kier molecular flexibility index (Phi) is 7.27. The zero-order valence-corrected chi connectivity index (χ0v) is 22.0. The monoisotopic (exact) mass is 524 g/mol. The van der Waals surface area contributed by atoms with Gasteiger partial charge in [-0.15, -0.1) is 11.3 Å². The standard InChI is InChI=1S/C27H29ClN4O3S/c1-31-13-11-21-24(16-31)36-27(29-21)30-25(33)18-7-5-6-17(14-18)22-8-3-4-12-32(22)26(34)19-9-10-23(35-2)20(28)15-19/h5-7,9-10,14-15,22H,3-4,8,11-13,16H2,1-2H3,(H,29,30,33). The predicted octanol–water partition coefficient (Wildman–Crippen LogP) is 5.41. The van der Waals surface area contributed by atoms with Crippen LogP contribution in [0.2, 0.25) is 5.02 Å². The van der Waals surface area contributed by atoms with Crippen molar-refractivity contribution in [3.63, 3.8) is 0 Å². The third kappa shape index (κ3) is 5.12. The van der Waals surface area contributed by atoms with Crippen molar-refractivity contribution in [2.75, 3.05) is 32.6 Å². The van der Waals surface area contributed by atoms with Crippen LogP contribution >= 0.6 is 22.9 Å². The highest BCUT2D eigenvalue weighted by atomic mass is 35.5. The molecular weight excluding hydrogens is 496 g/mol. The Morgan fingerprint density at radius 3 is 2.81 bits per heavy atom.